The molecule has 2 rings (SSSR count). The van der Waals surface area contributed by atoms with E-state index in [9.17, 15) is 8.78 Å². The van der Waals surface area contributed by atoms with Crippen LogP contribution in [0.1, 0.15) is 29.8 Å². The van der Waals surface area contributed by atoms with Crippen molar-refractivity contribution in [2.75, 3.05) is 6.54 Å². The molecule has 1 aromatic carbocycles. The first-order valence-corrected chi connectivity index (χ1v) is 8.18. The van der Waals surface area contributed by atoms with E-state index in [0.29, 0.717) is 12.0 Å². The highest BCUT2D eigenvalue weighted by Gasteiger charge is 2.17. The van der Waals surface area contributed by atoms with Gasteiger partial charge in [0, 0.05) is 32.8 Å². The maximum Gasteiger partial charge on any atom is 0.128 e. The van der Waals surface area contributed by atoms with Gasteiger partial charge in [0.25, 0.3) is 0 Å². The first kappa shape index (κ1) is 15.6. The third-order valence-electron chi connectivity index (χ3n) is 3.00. The Kier molecular flexibility index (Phi) is 5.69. The van der Waals surface area contributed by atoms with Crippen molar-refractivity contribution >= 4 is 27.3 Å². The number of benzene rings is 1. The average Bonchev–Trinajstić information content (AvgIpc) is 2.83. The second kappa shape index (κ2) is 7.29. The quantitative estimate of drug-likeness (QED) is 0.758. The van der Waals surface area contributed by atoms with Gasteiger partial charge >= 0.3 is 0 Å². The molecule has 0 aliphatic rings. The minimum atomic E-state index is -0.406. The van der Waals surface area contributed by atoms with Crippen LogP contribution in [0.15, 0.2) is 34.1 Å². The summed E-state index contributed by atoms with van der Waals surface area (Å²) in [7, 11) is 0. The number of halogens is 3. The highest BCUT2D eigenvalue weighted by atomic mass is 79.9. The molecule has 20 heavy (non-hydrogen) atoms. The summed E-state index contributed by atoms with van der Waals surface area (Å²) in [6.45, 7) is 2.82. The summed E-state index contributed by atoms with van der Waals surface area (Å²) in [4.78, 5) is 1.13. The predicted molar refractivity (Wildman–Crippen MR) is 83.1 cm³/mol. The Balaban J connectivity index is 2.24. The summed E-state index contributed by atoms with van der Waals surface area (Å²) in [5, 5.41) is 5.29. The van der Waals surface area contributed by atoms with Crippen molar-refractivity contribution in [3.05, 3.63) is 56.2 Å². The van der Waals surface area contributed by atoms with Crippen molar-refractivity contribution in [2.24, 2.45) is 0 Å². The van der Waals surface area contributed by atoms with Crippen LogP contribution in [0.3, 0.4) is 0 Å². The molecule has 0 aliphatic carbocycles. The van der Waals surface area contributed by atoms with Crippen LogP contribution in [-0.4, -0.2) is 6.54 Å². The van der Waals surface area contributed by atoms with Gasteiger partial charge in [-0.1, -0.05) is 6.92 Å². The Morgan fingerprint density at radius 2 is 2.10 bits per heavy atom. The normalized spacial score (nSPS) is 12.6. The summed E-state index contributed by atoms with van der Waals surface area (Å²) in [6.07, 6.45) is 1.60. The highest BCUT2D eigenvalue weighted by molar-refractivity contribution is 9.10. The molecule has 5 heteroatoms. The smallest absolute Gasteiger partial charge is 0.128 e. The van der Waals surface area contributed by atoms with Gasteiger partial charge < -0.3 is 5.32 Å². The van der Waals surface area contributed by atoms with Gasteiger partial charge in [-0.15, -0.1) is 11.3 Å². The van der Waals surface area contributed by atoms with E-state index >= 15 is 0 Å². The zero-order valence-electron chi connectivity index (χ0n) is 11.1. The van der Waals surface area contributed by atoms with E-state index in [4.69, 9.17) is 0 Å². The lowest BCUT2D eigenvalue weighted by Crippen LogP contribution is -2.25. The molecule has 0 radical (unpaired) electrons. The van der Waals surface area contributed by atoms with Gasteiger partial charge in [-0.3, -0.25) is 0 Å². The maximum absolute atomic E-state index is 13.9. The maximum atomic E-state index is 13.9. The molecule has 0 bridgehead atoms. The first-order chi connectivity index (χ1) is 9.60. The summed E-state index contributed by atoms with van der Waals surface area (Å²) < 4.78 is 28.3. The molecule has 108 valence electrons. The predicted octanol–water partition coefficient (Wildman–Crippen LogP) is 5.07. The number of thiophene rings is 1. The van der Waals surface area contributed by atoms with Gasteiger partial charge in [-0.05, 0) is 53.2 Å². The third-order valence-corrected chi connectivity index (χ3v) is 4.72. The van der Waals surface area contributed by atoms with Crippen molar-refractivity contribution < 1.29 is 8.78 Å². The molecule has 1 unspecified atom stereocenters. The fourth-order valence-corrected chi connectivity index (χ4v) is 3.55. The molecule has 0 saturated heterocycles. The molecule has 1 heterocycles. The molecule has 0 aliphatic heterocycles. The lowest BCUT2D eigenvalue weighted by Gasteiger charge is -2.19. The minimum Gasteiger partial charge on any atom is -0.310 e. The van der Waals surface area contributed by atoms with Crippen LogP contribution in [0.25, 0.3) is 0 Å². The Labute approximate surface area is 130 Å². The molecule has 1 atom stereocenters. The van der Waals surface area contributed by atoms with Crippen LogP contribution >= 0.6 is 27.3 Å². The lowest BCUT2D eigenvalue weighted by atomic mass is 10.0. The van der Waals surface area contributed by atoms with E-state index < -0.39 is 5.82 Å². The Morgan fingerprint density at radius 3 is 2.75 bits per heavy atom. The molecular formula is C15H16BrF2NS. The fraction of sp³-hybridized carbons (Fsp3) is 0.333. The van der Waals surface area contributed by atoms with Crippen molar-refractivity contribution in [3.8, 4) is 0 Å². The van der Waals surface area contributed by atoms with Crippen LogP contribution in [0.2, 0.25) is 0 Å². The van der Waals surface area contributed by atoms with E-state index in [1.54, 1.807) is 11.3 Å². The lowest BCUT2D eigenvalue weighted by molar-refractivity contribution is 0.492. The Hall–Kier alpha value is -0.780. The Morgan fingerprint density at radius 1 is 1.30 bits per heavy atom. The van der Waals surface area contributed by atoms with E-state index in [0.717, 1.165) is 28.4 Å². The van der Waals surface area contributed by atoms with Gasteiger partial charge in [0.1, 0.15) is 11.6 Å². The molecule has 1 aromatic heterocycles. The number of hydrogen-bond acceptors (Lipinski definition) is 2. The van der Waals surface area contributed by atoms with E-state index in [-0.39, 0.29) is 11.9 Å². The van der Waals surface area contributed by atoms with Gasteiger partial charge in [0.05, 0.1) is 0 Å². The first-order valence-electron chi connectivity index (χ1n) is 6.51. The van der Waals surface area contributed by atoms with E-state index in [2.05, 4.69) is 21.2 Å². The van der Waals surface area contributed by atoms with Gasteiger partial charge in [0.15, 0.2) is 0 Å². The van der Waals surface area contributed by atoms with Crippen molar-refractivity contribution in [2.45, 2.75) is 25.8 Å². The second-order valence-corrected chi connectivity index (χ2v) is 6.52. The third kappa shape index (κ3) is 4.11. The van der Waals surface area contributed by atoms with Crippen LogP contribution in [0.4, 0.5) is 8.78 Å². The van der Waals surface area contributed by atoms with E-state index in [1.165, 1.54) is 12.1 Å². The minimum absolute atomic E-state index is 0.212. The van der Waals surface area contributed by atoms with Crippen molar-refractivity contribution in [1.82, 2.24) is 5.32 Å². The average molecular weight is 360 g/mol. The molecule has 0 saturated carbocycles. The van der Waals surface area contributed by atoms with Gasteiger partial charge in [-0.2, -0.15) is 0 Å². The summed E-state index contributed by atoms with van der Waals surface area (Å²) in [6, 6.07) is 5.43. The molecule has 1 N–H and O–H groups in total. The zero-order valence-corrected chi connectivity index (χ0v) is 13.5. The molecule has 0 amide bonds. The summed E-state index contributed by atoms with van der Waals surface area (Å²) in [5.41, 5.74) is 0.392. The van der Waals surface area contributed by atoms with Crippen LogP contribution in [-0.2, 0) is 6.42 Å². The van der Waals surface area contributed by atoms with Crippen LogP contribution in [0, 0.1) is 11.6 Å². The number of nitrogens with one attached hydrogen (secondary N) is 1. The van der Waals surface area contributed by atoms with Gasteiger partial charge in [0.2, 0.25) is 0 Å². The van der Waals surface area contributed by atoms with Crippen molar-refractivity contribution in [1.29, 1.82) is 0 Å². The Bertz CT molecular complexity index is 571. The SMILES string of the molecule is CCCNC(Cc1cc(Br)cs1)c1cc(F)ccc1F. The topological polar surface area (TPSA) is 12.0 Å². The van der Waals surface area contributed by atoms with Gasteiger partial charge in [-0.25, -0.2) is 8.78 Å². The molecule has 0 fully saturated rings. The fourth-order valence-electron chi connectivity index (χ4n) is 2.05. The second-order valence-electron chi connectivity index (χ2n) is 4.61. The number of rotatable bonds is 6. The highest BCUT2D eigenvalue weighted by Crippen LogP contribution is 2.27. The van der Waals surface area contributed by atoms with E-state index in [1.807, 2.05) is 18.4 Å². The van der Waals surface area contributed by atoms with Crippen LogP contribution < -0.4 is 5.32 Å². The van der Waals surface area contributed by atoms with Crippen molar-refractivity contribution in [3.63, 3.8) is 0 Å². The molecular weight excluding hydrogens is 344 g/mol. The standard InChI is InChI=1S/C15H16BrF2NS/c1-2-5-19-15(8-12-6-10(16)9-20-12)13-7-11(17)3-4-14(13)18/h3-4,6-7,9,15,19H,2,5,8H2,1H3. The summed E-state index contributed by atoms with van der Waals surface area (Å²) in [5.74, 6) is -0.771. The van der Waals surface area contributed by atoms with Crippen LogP contribution in [0.5, 0.6) is 0 Å². The molecule has 2 aromatic rings. The molecule has 0 spiro atoms. The monoisotopic (exact) mass is 359 g/mol. The zero-order chi connectivity index (χ0) is 14.5. The largest absolute Gasteiger partial charge is 0.310 e. The summed E-state index contributed by atoms with van der Waals surface area (Å²) >= 11 is 5.03. The molecule has 1 nitrogen and oxygen atoms in total. The number of hydrogen-bond donors (Lipinski definition) is 1.